The van der Waals surface area contributed by atoms with Gasteiger partial charge in [-0.2, -0.15) is 0 Å². The molecule has 0 aliphatic carbocycles. The maximum atomic E-state index is 8.82. The third-order valence-electron chi connectivity index (χ3n) is 2.31. The molecule has 0 aromatic heterocycles. The molecule has 0 bridgehead atoms. The molecule has 0 aromatic carbocycles. The van der Waals surface area contributed by atoms with Crippen molar-refractivity contribution in [3.05, 3.63) is 0 Å². The van der Waals surface area contributed by atoms with E-state index in [1.165, 1.54) is 0 Å². The summed E-state index contributed by atoms with van der Waals surface area (Å²) in [5, 5.41) is 11.9. The van der Waals surface area contributed by atoms with Crippen molar-refractivity contribution in [2.75, 3.05) is 19.7 Å². The van der Waals surface area contributed by atoms with E-state index < -0.39 is 0 Å². The van der Waals surface area contributed by atoms with Gasteiger partial charge in [-0.05, 0) is 18.3 Å². The molecule has 0 amide bonds. The van der Waals surface area contributed by atoms with Crippen LogP contribution in [-0.4, -0.2) is 30.8 Å². The largest absolute Gasteiger partial charge is 0.396 e. The molecule has 0 rings (SSSR count). The van der Waals surface area contributed by atoms with E-state index in [9.17, 15) is 0 Å². The summed E-state index contributed by atoms with van der Waals surface area (Å²) in [4.78, 5) is 4.21. The fourth-order valence-corrected chi connectivity index (χ4v) is 1.22. The number of guanidine groups is 1. The predicted octanol–water partition coefficient (Wildman–Crippen LogP) is 0.955. The summed E-state index contributed by atoms with van der Waals surface area (Å²) in [7, 11) is 0. The Labute approximate surface area is 93.0 Å². The minimum atomic E-state index is 0.239. The number of aliphatic hydroxyl groups excluding tert-OH is 1. The van der Waals surface area contributed by atoms with Gasteiger partial charge in [-0.15, -0.1) is 0 Å². The van der Waals surface area contributed by atoms with Crippen LogP contribution in [0.4, 0.5) is 0 Å². The fourth-order valence-electron chi connectivity index (χ4n) is 1.22. The standard InChI is InChI=1S/C11H25N3O/c1-4-10(5-6-15)8-14-11(12)13-7-9(2)3/h9-10,15H,4-8H2,1-3H3,(H3,12,13,14). The van der Waals surface area contributed by atoms with Gasteiger partial charge in [0.15, 0.2) is 5.96 Å². The number of hydrogen-bond acceptors (Lipinski definition) is 2. The Hall–Kier alpha value is -0.770. The van der Waals surface area contributed by atoms with Gasteiger partial charge >= 0.3 is 0 Å². The van der Waals surface area contributed by atoms with E-state index in [0.29, 0.717) is 17.8 Å². The van der Waals surface area contributed by atoms with Crippen molar-refractivity contribution in [1.29, 1.82) is 0 Å². The second-order valence-corrected chi connectivity index (χ2v) is 4.29. The first kappa shape index (κ1) is 14.2. The Morgan fingerprint density at radius 1 is 1.47 bits per heavy atom. The molecule has 1 atom stereocenters. The number of hydrogen-bond donors (Lipinski definition) is 3. The van der Waals surface area contributed by atoms with Crippen LogP contribution in [0.1, 0.15) is 33.6 Å². The first-order valence-electron chi connectivity index (χ1n) is 5.74. The Balaban J connectivity index is 3.76. The van der Waals surface area contributed by atoms with E-state index in [1.807, 2.05) is 0 Å². The minimum Gasteiger partial charge on any atom is -0.396 e. The predicted molar refractivity (Wildman–Crippen MR) is 64.8 cm³/mol. The van der Waals surface area contributed by atoms with Crippen LogP contribution in [-0.2, 0) is 0 Å². The third kappa shape index (κ3) is 8.24. The van der Waals surface area contributed by atoms with Crippen LogP contribution >= 0.6 is 0 Å². The van der Waals surface area contributed by atoms with Gasteiger partial charge in [0.1, 0.15) is 0 Å². The molecular formula is C11H25N3O. The number of aliphatic hydroxyl groups is 1. The average molecular weight is 215 g/mol. The van der Waals surface area contributed by atoms with Gasteiger partial charge in [0.05, 0.1) is 0 Å². The Morgan fingerprint density at radius 2 is 2.13 bits per heavy atom. The zero-order chi connectivity index (χ0) is 11.7. The lowest BCUT2D eigenvalue weighted by atomic mass is 10.0. The SMILES string of the molecule is CCC(CCO)CNC(N)=NCC(C)C. The summed E-state index contributed by atoms with van der Waals surface area (Å²) >= 11 is 0. The van der Waals surface area contributed by atoms with Crippen LogP contribution in [0.2, 0.25) is 0 Å². The lowest BCUT2D eigenvalue weighted by Gasteiger charge is -2.14. The highest BCUT2D eigenvalue weighted by molar-refractivity contribution is 5.77. The molecule has 0 aliphatic rings. The van der Waals surface area contributed by atoms with Crippen molar-refractivity contribution in [3.63, 3.8) is 0 Å². The summed E-state index contributed by atoms with van der Waals surface area (Å²) in [5.74, 6) is 1.52. The van der Waals surface area contributed by atoms with Crippen LogP contribution in [0.25, 0.3) is 0 Å². The van der Waals surface area contributed by atoms with Gasteiger partial charge in [-0.25, -0.2) is 0 Å². The lowest BCUT2D eigenvalue weighted by Crippen LogP contribution is -2.36. The van der Waals surface area contributed by atoms with Crippen LogP contribution < -0.4 is 11.1 Å². The highest BCUT2D eigenvalue weighted by Gasteiger charge is 2.05. The molecule has 4 nitrogen and oxygen atoms in total. The third-order valence-corrected chi connectivity index (χ3v) is 2.31. The molecule has 0 spiro atoms. The highest BCUT2D eigenvalue weighted by Crippen LogP contribution is 2.05. The summed E-state index contributed by atoms with van der Waals surface area (Å²) < 4.78 is 0. The van der Waals surface area contributed by atoms with Crippen molar-refractivity contribution in [1.82, 2.24) is 5.32 Å². The van der Waals surface area contributed by atoms with Crippen molar-refractivity contribution in [2.45, 2.75) is 33.6 Å². The zero-order valence-corrected chi connectivity index (χ0v) is 10.2. The van der Waals surface area contributed by atoms with Gasteiger partial charge in [-0.1, -0.05) is 27.2 Å². The summed E-state index contributed by atoms with van der Waals surface area (Å²) in [5.41, 5.74) is 5.70. The number of rotatable bonds is 7. The van der Waals surface area contributed by atoms with Crippen molar-refractivity contribution >= 4 is 5.96 Å². The molecule has 4 N–H and O–H groups in total. The van der Waals surface area contributed by atoms with Crippen LogP contribution in [0.3, 0.4) is 0 Å². The highest BCUT2D eigenvalue weighted by atomic mass is 16.3. The average Bonchev–Trinajstić information content (AvgIpc) is 2.21. The topological polar surface area (TPSA) is 70.6 Å². The van der Waals surface area contributed by atoms with Crippen molar-refractivity contribution < 1.29 is 5.11 Å². The molecule has 0 radical (unpaired) electrons. The van der Waals surface area contributed by atoms with E-state index in [-0.39, 0.29) is 6.61 Å². The summed E-state index contributed by atoms with van der Waals surface area (Å²) in [6, 6.07) is 0. The molecule has 90 valence electrons. The monoisotopic (exact) mass is 215 g/mol. The van der Waals surface area contributed by atoms with Crippen molar-refractivity contribution in [3.8, 4) is 0 Å². The number of nitrogens with zero attached hydrogens (tertiary/aromatic N) is 1. The first-order chi connectivity index (χ1) is 7.10. The Kier molecular flexibility index (Phi) is 8.09. The number of aliphatic imine (C=N–C) groups is 1. The molecule has 0 fully saturated rings. The smallest absolute Gasteiger partial charge is 0.188 e. The molecule has 0 saturated heterocycles. The lowest BCUT2D eigenvalue weighted by molar-refractivity contribution is 0.254. The van der Waals surface area contributed by atoms with Crippen LogP contribution in [0, 0.1) is 11.8 Å². The van der Waals surface area contributed by atoms with Crippen molar-refractivity contribution in [2.24, 2.45) is 22.6 Å². The first-order valence-corrected chi connectivity index (χ1v) is 5.74. The zero-order valence-electron chi connectivity index (χ0n) is 10.2. The Bertz CT molecular complexity index is 181. The van der Waals surface area contributed by atoms with Gasteiger partial charge in [0.25, 0.3) is 0 Å². The fraction of sp³-hybridized carbons (Fsp3) is 0.909. The summed E-state index contributed by atoms with van der Waals surface area (Å²) in [6.45, 7) is 8.13. The van der Waals surface area contributed by atoms with E-state index in [4.69, 9.17) is 10.8 Å². The molecular weight excluding hydrogens is 190 g/mol. The number of nitrogens with two attached hydrogens (primary N) is 1. The maximum absolute atomic E-state index is 8.82. The van der Waals surface area contributed by atoms with E-state index >= 15 is 0 Å². The molecule has 1 unspecified atom stereocenters. The molecule has 0 heterocycles. The second-order valence-electron chi connectivity index (χ2n) is 4.29. The minimum absolute atomic E-state index is 0.239. The van der Waals surface area contributed by atoms with E-state index in [0.717, 1.165) is 25.9 Å². The van der Waals surface area contributed by atoms with Crippen LogP contribution in [0.15, 0.2) is 4.99 Å². The normalized spacial score (nSPS) is 14.3. The maximum Gasteiger partial charge on any atom is 0.188 e. The van der Waals surface area contributed by atoms with Gasteiger partial charge < -0.3 is 16.2 Å². The summed E-state index contributed by atoms with van der Waals surface area (Å²) in [6.07, 6.45) is 1.87. The second kappa shape index (κ2) is 8.53. The van der Waals surface area contributed by atoms with Gasteiger partial charge in [-0.3, -0.25) is 4.99 Å². The van der Waals surface area contributed by atoms with Gasteiger partial charge in [0, 0.05) is 19.7 Å². The number of nitrogens with one attached hydrogen (secondary N) is 1. The van der Waals surface area contributed by atoms with E-state index in [1.54, 1.807) is 0 Å². The molecule has 0 aliphatic heterocycles. The Morgan fingerprint density at radius 3 is 2.60 bits per heavy atom. The van der Waals surface area contributed by atoms with Gasteiger partial charge in [0.2, 0.25) is 0 Å². The molecule has 0 saturated carbocycles. The molecule has 15 heavy (non-hydrogen) atoms. The quantitative estimate of drug-likeness (QED) is 0.437. The molecule has 4 heteroatoms. The molecule has 0 aromatic rings. The van der Waals surface area contributed by atoms with E-state index in [2.05, 4.69) is 31.1 Å². The van der Waals surface area contributed by atoms with Crippen LogP contribution in [0.5, 0.6) is 0 Å².